The quantitative estimate of drug-likeness (QED) is 0.623. The molecular weight excluding hydrogens is 183 g/mol. The predicted molar refractivity (Wildman–Crippen MR) is 48.7 cm³/mol. The second-order valence-corrected chi connectivity index (χ2v) is 2.44. The summed E-state index contributed by atoms with van der Waals surface area (Å²) in [6.07, 6.45) is 0. The first kappa shape index (κ1) is 10.5. The zero-order chi connectivity index (χ0) is 7.56. The van der Waals surface area contributed by atoms with Crippen molar-refractivity contribution in [3.05, 3.63) is 34.9 Å². The van der Waals surface area contributed by atoms with Gasteiger partial charge in [-0.25, -0.2) is 0 Å². The van der Waals surface area contributed by atoms with Crippen molar-refractivity contribution in [1.29, 1.82) is 0 Å². The van der Waals surface area contributed by atoms with Crippen LogP contribution in [0.1, 0.15) is 17.3 Å². The molecular formula is C8H8Cl2O. The van der Waals surface area contributed by atoms with Gasteiger partial charge in [0.1, 0.15) is 0 Å². The van der Waals surface area contributed by atoms with Crippen LogP contribution in [0, 0.1) is 0 Å². The summed E-state index contributed by atoms with van der Waals surface area (Å²) in [4.78, 5) is 10.8. The summed E-state index contributed by atoms with van der Waals surface area (Å²) in [5, 5.41) is 0.523. The van der Waals surface area contributed by atoms with Gasteiger partial charge in [0.2, 0.25) is 0 Å². The number of benzene rings is 1. The van der Waals surface area contributed by atoms with E-state index in [0.717, 1.165) is 0 Å². The molecule has 0 fully saturated rings. The normalized spacial score (nSPS) is 8.55. The molecule has 0 bridgehead atoms. The van der Waals surface area contributed by atoms with Crippen molar-refractivity contribution in [1.82, 2.24) is 0 Å². The minimum absolute atomic E-state index is 0. The highest BCUT2D eigenvalue weighted by atomic mass is 35.5. The Morgan fingerprint density at radius 3 is 2.27 bits per heavy atom. The van der Waals surface area contributed by atoms with E-state index in [2.05, 4.69) is 0 Å². The van der Waals surface area contributed by atoms with Crippen LogP contribution in [-0.4, -0.2) is 5.78 Å². The van der Waals surface area contributed by atoms with Gasteiger partial charge < -0.3 is 0 Å². The van der Waals surface area contributed by atoms with Crippen LogP contribution in [0.4, 0.5) is 0 Å². The van der Waals surface area contributed by atoms with E-state index in [1.165, 1.54) is 6.92 Å². The maximum atomic E-state index is 10.8. The zero-order valence-electron chi connectivity index (χ0n) is 6.00. The zero-order valence-corrected chi connectivity index (χ0v) is 7.58. The Hall–Kier alpha value is -0.530. The number of ketones is 1. The number of halogens is 2. The van der Waals surface area contributed by atoms with E-state index in [1.807, 2.05) is 0 Å². The molecule has 0 radical (unpaired) electrons. The van der Waals surface area contributed by atoms with Gasteiger partial charge in [-0.15, -0.1) is 12.4 Å². The third kappa shape index (κ3) is 2.52. The van der Waals surface area contributed by atoms with Crippen molar-refractivity contribution in [3.8, 4) is 0 Å². The van der Waals surface area contributed by atoms with Crippen LogP contribution >= 0.6 is 24.0 Å². The molecule has 0 aromatic heterocycles. The Labute approximate surface area is 76.8 Å². The fourth-order valence-corrected chi connectivity index (χ4v) is 1.02. The summed E-state index contributed by atoms with van der Waals surface area (Å²) in [6, 6.07) is 7.01. The Kier molecular flexibility index (Phi) is 4.16. The summed E-state index contributed by atoms with van der Waals surface area (Å²) < 4.78 is 0. The number of Topliss-reactive ketones (excluding diaryl/α,β-unsaturated/α-hetero) is 1. The van der Waals surface area contributed by atoms with Crippen LogP contribution in [0.3, 0.4) is 0 Å². The van der Waals surface area contributed by atoms with Crippen molar-refractivity contribution in [2.75, 3.05) is 0 Å². The van der Waals surface area contributed by atoms with E-state index in [9.17, 15) is 4.79 Å². The second-order valence-electron chi connectivity index (χ2n) is 2.04. The molecule has 60 valence electrons. The SMILES string of the molecule is CC(=O)c1ccccc1Cl.Cl. The molecule has 0 aliphatic heterocycles. The van der Waals surface area contributed by atoms with Crippen LogP contribution in [0.5, 0.6) is 0 Å². The first-order valence-electron chi connectivity index (χ1n) is 2.97. The monoisotopic (exact) mass is 190 g/mol. The van der Waals surface area contributed by atoms with Gasteiger partial charge in [0.25, 0.3) is 0 Å². The van der Waals surface area contributed by atoms with Crippen LogP contribution in [-0.2, 0) is 0 Å². The molecule has 0 saturated heterocycles. The van der Waals surface area contributed by atoms with E-state index >= 15 is 0 Å². The molecule has 0 saturated carbocycles. The molecule has 0 aliphatic carbocycles. The van der Waals surface area contributed by atoms with Crippen molar-refractivity contribution in [2.24, 2.45) is 0 Å². The molecule has 1 rings (SSSR count). The molecule has 0 unspecified atom stereocenters. The highest BCUT2D eigenvalue weighted by molar-refractivity contribution is 6.33. The van der Waals surface area contributed by atoms with Crippen molar-refractivity contribution < 1.29 is 4.79 Å². The average molecular weight is 191 g/mol. The van der Waals surface area contributed by atoms with Gasteiger partial charge in [-0.3, -0.25) is 4.79 Å². The lowest BCUT2D eigenvalue weighted by Gasteiger charge is -1.95. The van der Waals surface area contributed by atoms with Gasteiger partial charge in [0, 0.05) is 5.56 Å². The van der Waals surface area contributed by atoms with Crippen LogP contribution in [0.2, 0.25) is 5.02 Å². The van der Waals surface area contributed by atoms with Gasteiger partial charge >= 0.3 is 0 Å². The molecule has 3 heteroatoms. The first-order valence-corrected chi connectivity index (χ1v) is 3.35. The van der Waals surface area contributed by atoms with Gasteiger partial charge in [0.15, 0.2) is 5.78 Å². The van der Waals surface area contributed by atoms with E-state index in [4.69, 9.17) is 11.6 Å². The number of rotatable bonds is 1. The standard InChI is InChI=1S/C8H7ClO.ClH/c1-6(10)7-4-2-3-5-8(7)9;/h2-5H,1H3;1H. The maximum Gasteiger partial charge on any atom is 0.161 e. The summed E-state index contributed by atoms with van der Waals surface area (Å²) in [7, 11) is 0. The van der Waals surface area contributed by atoms with Gasteiger partial charge in [0.05, 0.1) is 5.02 Å². The van der Waals surface area contributed by atoms with Gasteiger partial charge in [-0.1, -0.05) is 23.7 Å². The third-order valence-electron chi connectivity index (χ3n) is 1.25. The molecule has 0 atom stereocenters. The highest BCUT2D eigenvalue weighted by Crippen LogP contribution is 2.14. The lowest BCUT2D eigenvalue weighted by Crippen LogP contribution is -1.91. The summed E-state index contributed by atoms with van der Waals surface area (Å²) in [5.41, 5.74) is 0.587. The molecule has 1 nitrogen and oxygen atoms in total. The Balaban J connectivity index is 0.000001000. The molecule has 0 spiro atoms. The Bertz CT molecular complexity index is 258. The lowest BCUT2D eigenvalue weighted by atomic mass is 10.1. The highest BCUT2D eigenvalue weighted by Gasteiger charge is 2.01. The van der Waals surface area contributed by atoms with Gasteiger partial charge in [-0.2, -0.15) is 0 Å². The average Bonchev–Trinajstić information content (AvgIpc) is 1.88. The predicted octanol–water partition coefficient (Wildman–Crippen LogP) is 2.96. The van der Waals surface area contributed by atoms with Gasteiger partial charge in [-0.05, 0) is 19.1 Å². The molecule has 11 heavy (non-hydrogen) atoms. The molecule has 0 amide bonds. The van der Waals surface area contributed by atoms with Crippen molar-refractivity contribution in [2.45, 2.75) is 6.92 Å². The molecule has 1 aromatic carbocycles. The summed E-state index contributed by atoms with van der Waals surface area (Å²) >= 11 is 5.70. The molecule has 0 aliphatic rings. The molecule has 1 aromatic rings. The fourth-order valence-electron chi connectivity index (χ4n) is 0.747. The van der Waals surface area contributed by atoms with Crippen LogP contribution in [0.15, 0.2) is 24.3 Å². The number of hydrogen-bond donors (Lipinski definition) is 0. The topological polar surface area (TPSA) is 17.1 Å². The molecule has 0 heterocycles. The number of hydrogen-bond acceptors (Lipinski definition) is 1. The minimum Gasteiger partial charge on any atom is -0.294 e. The number of carbonyl (C=O) groups excluding carboxylic acids is 1. The first-order chi connectivity index (χ1) is 4.72. The van der Waals surface area contributed by atoms with Crippen molar-refractivity contribution in [3.63, 3.8) is 0 Å². The van der Waals surface area contributed by atoms with E-state index in [-0.39, 0.29) is 18.2 Å². The Morgan fingerprint density at radius 1 is 1.36 bits per heavy atom. The summed E-state index contributed by atoms with van der Waals surface area (Å²) in [5.74, 6) is 0.00519. The van der Waals surface area contributed by atoms with Crippen LogP contribution in [0.25, 0.3) is 0 Å². The lowest BCUT2D eigenvalue weighted by molar-refractivity contribution is 0.101. The largest absolute Gasteiger partial charge is 0.294 e. The smallest absolute Gasteiger partial charge is 0.161 e. The van der Waals surface area contributed by atoms with Crippen molar-refractivity contribution >= 4 is 29.8 Å². The molecule has 0 N–H and O–H groups in total. The van der Waals surface area contributed by atoms with E-state index < -0.39 is 0 Å². The fraction of sp³-hybridized carbons (Fsp3) is 0.125. The third-order valence-corrected chi connectivity index (χ3v) is 1.58. The maximum absolute atomic E-state index is 10.8. The Morgan fingerprint density at radius 2 is 1.91 bits per heavy atom. The van der Waals surface area contributed by atoms with E-state index in [1.54, 1.807) is 24.3 Å². The van der Waals surface area contributed by atoms with Crippen LogP contribution < -0.4 is 0 Å². The summed E-state index contributed by atoms with van der Waals surface area (Å²) in [6.45, 7) is 1.50. The minimum atomic E-state index is 0. The van der Waals surface area contributed by atoms with E-state index in [0.29, 0.717) is 10.6 Å². The second kappa shape index (κ2) is 4.37. The number of carbonyl (C=O) groups is 1.